The monoisotopic (exact) mass is 443 g/mol. The van der Waals surface area contributed by atoms with Gasteiger partial charge in [-0.25, -0.2) is 9.97 Å². The van der Waals surface area contributed by atoms with E-state index in [1.54, 1.807) is 18.5 Å². The third kappa shape index (κ3) is 3.23. The number of rotatable bonds is 4. The molecule has 33 heavy (non-hydrogen) atoms. The lowest BCUT2D eigenvalue weighted by atomic mass is 9.61. The summed E-state index contributed by atoms with van der Waals surface area (Å²) in [6.07, 6.45) is 4.63. The Morgan fingerprint density at radius 1 is 1.18 bits per heavy atom. The molecule has 5 rings (SSSR count). The predicted octanol–water partition coefficient (Wildman–Crippen LogP) is 4.11. The largest absolute Gasteiger partial charge is 0.362 e. The summed E-state index contributed by atoms with van der Waals surface area (Å²) < 4.78 is 0. The minimum Gasteiger partial charge on any atom is -0.362 e. The number of nitrogens with zero attached hydrogens (tertiary/aromatic N) is 5. The number of amides is 1. The van der Waals surface area contributed by atoms with Crippen LogP contribution in [0.2, 0.25) is 0 Å². The third-order valence-corrected chi connectivity index (χ3v) is 6.89. The highest BCUT2D eigenvalue weighted by Gasteiger charge is 2.54. The molecule has 8 heteroatoms. The van der Waals surface area contributed by atoms with E-state index in [-0.39, 0.29) is 17.6 Å². The van der Waals surface area contributed by atoms with Gasteiger partial charge >= 0.3 is 0 Å². The van der Waals surface area contributed by atoms with Crippen molar-refractivity contribution < 1.29 is 4.79 Å². The Hall–Kier alpha value is -3.55. The molecule has 0 saturated carbocycles. The van der Waals surface area contributed by atoms with E-state index in [0.717, 1.165) is 33.8 Å². The van der Waals surface area contributed by atoms with Crippen LogP contribution in [0.3, 0.4) is 0 Å². The van der Waals surface area contributed by atoms with Gasteiger partial charge < -0.3 is 15.5 Å². The molecule has 170 valence electrons. The highest BCUT2D eigenvalue weighted by atomic mass is 16.2. The molecule has 3 aliphatic rings. The molecule has 0 fully saturated rings. The van der Waals surface area contributed by atoms with Crippen LogP contribution in [-0.2, 0) is 10.2 Å². The summed E-state index contributed by atoms with van der Waals surface area (Å²) >= 11 is 0. The first-order chi connectivity index (χ1) is 15.8. The van der Waals surface area contributed by atoms with Gasteiger partial charge in [0.05, 0.1) is 16.7 Å². The number of azo groups is 1. The Morgan fingerprint density at radius 3 is 2.67 bits per heavy atom. The zero-order valence-electron chi connectivity index (χ0n) is 19.7. The molecule has 0 aliphatic carbocycles. The number of carbonyl (C=O) groups excluding carboxylic acids is 1. The number of carbonyl (C=O) groups is 1. The van der Waals surface area contributed by atoms with Gasteiger partial charge in [-0.1, -0.05) is 19.1 Å². The van der Waals surface area contributed by atoms with Crippen molar-refractivity contribution in [1.82, 2.24) is 20.6 Å². The van der Waals surface area contributed by atoms with Gasteiger partial charge in [0, 0.05) is 48.4 Å². The fraction of sp³-hybridized carbons (Fsp3) is 0.400. The lowest BCUT2D eigenvalue weighted by molar-refractivity contribution is -0.120. The number of hydrogen-bond donors (Lipinski definition) is 2. The smallest absolute Gasteiger partial charge is 0.250 e. The molecule has 3 aliphatic heterocycles. The maximum atomic E-state index is 13.6. The number of benzene rings is 1. The van der Waals surface area contributed by atoms with Gasteiger partial charge in [-0.15, -0.1) is 0 Å². The van der Waals surface area contributed by atoms with E-state index < -0.39 is 5.41 Å². The number of anilines is 2. The van der Waals surface area contributed by atoms with Crippen LogP contribution in [-0.4, -0.2) is 34.6 Å². The van der Waals surface area contributed by atoms with Crippen LogP contribution in [0.4, 0.5) is 11.6 Å². The van der Waals surface area contributed by atoms with E-state index in [1.807, 2.05) is 44.9 Å². The molecule has 2 aromatic rings. The van der Waals surface area contributed by atoms with Crippen molar-refractivity contribution in [3.63, 3.8) is 0 Å². The van der Waals surface area contributed by atoms with Crippen molar-refractivity contribution in [3.05, 3.63) is 70.8 Å². The van der Waals surface area contributed by atoms with Crippen molar-refractivity contribution in [2.24, 2.45) is 10.2 Å². The summed E-state index contributed by atoms with van der Waals surface area (Å²) in [5.74, 6) is 0.577. The van der Waals surface area contributed by atoms with Gasteiger partial charge in [-0.3, -0.25) is 4.79 Å². The molecule has 1 aromatic carbocycles. The molecule has 0 bridgehead atoms. The Balaban J connectivity index is 1.72. The highest BCUT2D eigenvalue weighted by molar-refractivity contribution is 6.00. The molecular formula is C25H29N7O. The first kappa shape index (κ1) is 21.3. The topological polar surface area (TPSA) is 94.9 Å². The number of fused-ring (bicyclic) bond motifs is 1. The summed E-state index contributed by atoms with van der Waals surface area (Å²) in [5, 5.41) is 15.7. The molecule has 2 atom stereocenters. The highest BCUT2D eigenvalue weighted by Crippen LogP contribution is 2.53. The normalized spacial score (nSPS) is 25.4. The van der Waals surface area contributed by atoms with Gasteiger partial charge in [-0.05, 0) is 51.0 Å². The standard InChI is InChI=1S/C25H29N7O/c1-6-25(16-9-7-10-17(13-16)32(5)23-26-11-8-12-27-23)19-15(2)30-31-21(19)28-18-14-24(3,4)29-22(33)20(18)25/h7-13,21,28H,6,14H2,1-5H3,(H,29,33). The van der Waals surface area contributed by atoms with Crippen LogP contribution < -0.4 is 15.5 Å². The summed E-state index contributed by atoms with van der Waals surface area (Å²) in [5.41, 5.74) is 4.68. The SMILES string of the molecule is CCC1(c2cccc(N(C)c3ncccn3)c2)C2=C(CC(C)(C)NC2=O)NC2N=NC(C)=C21. The average molecular weight is 444 g/mol. The van der Waals surface area contributed by atoms with Crippen LogP contribution in [0.1, 0.15) is 46.1 Å². The van der Waals surface area contributed by atoms with E-state index in [2.05, 4.69) is 49.9 Å². The van der Waals surface area contributed by atoms with E-state index in [9.17, 15) is 4.79 Å². The van der Waals surface area contributed by atoms with Gasteiger partial charge in [0.15, 0.2) is 6.17 Å². The van der Waals surface area contributed by atoms with Crippen molar-refractivity contribution in [1.29, 1.82) is 0 Å². The lowest BCUT2D eigenvalue weighted by Gasteiger charge is -2.48. The van der Waals surface area contributed by atoms with Gasteiger partial charge in [0.25, 0.3) is 5.91 Å². The minimum absolute atomic E-state index is 0.0357. The van der Waals surface area contributed by atoms with Crippen LogP contribution >= 0.6 is 0 Å². The second-order valence-electron chi connectivity index (χ2n) is 9.55. The molecule has 8 nitrogen and oxygen atoms in total. The Morgan fingerprint density at radius 2 is 1.94 bits per heavy atom. The number of hydrogen-bond acceptors (Lipinski definition) is 7. The zero-order valence-corrected chi connectivity index (χ0v) is 19.7. The van der Waals surface area contributed by atoms with E-state index in [4.69, 9.17) is 0 Å². The van der Waals surface area contributed by atoms with E-state index >= 15 is 0 Å². The summed E-state index contributed by atoms with van der Waals surface area (Å²) in [6.45, 7) is 8.21. The maximum absolute atomic E-state index is 13.6. The van der Waals surface area contributed by atoms with Crippen LogP contribution in [0.25, 0.3) is 0 Å². The van der Waals surface area contributed by atoms with Gasteiger partial charge in [0.1, 0.15) is 0 Å². The van der Waals surface area contributed by atoms with E-state index in [0.29, 0.717) is 18.8 Å². The van der Waals surface area contributed by atoms with Crippen LogP contribution in [0.15, 0.2) is 75.5 Å². The van der Waals surface area contributed by atoms with Crippen molar-refractivity contribution in [3.8, 4) is 0 Å². The third-order valence-electron chi connectivity index (χ3n) is 6.89. The Labute approximate surface area is 193 Å². The zero-order chi connectivity index (χ0) is 23.4. The molecule has 0 saturated heterocycles. The number of nitrogens with one attached hydrogen (secondary N) is 2. The summed E-state index contributed by atoms with van der Waals surface area (Å²) in [7, 11) is 1.95. The van der Waals surface area contributed by atoms with Crippen molar-refractivity contribution in [2.45, 2.75) is 57.7 Å². The second kappa shape index (κ2) is 7.50. The number of allylic oxidation sites excluding steroid dienone is 1. The maximum Gasteiger partial charge on any atom is 0.250 e. The molecule has 0 radical (unpaired) electrons. The van der Waals surface area contributed by atoms with Gasteiger partial charge in [0.2, 0.25) is 5.95 Å². The van der Waals surface area contributed by atoms with Crippen molar-refractivity contribution in [2.75, 3.05) is 11.9 Å². The molecule has 2 unspecified atom stereocenters. The first-order valence-corrected chi connectivity index (χ1v) is 11.3. The fourth-order valence-electron chi connectivity index (χ4n) is 5.48. The number of aromatic nitrogens is 2. The van der Waals surface area contributed by atoms with E-state index in [1.165, 1.54) is 0 Å². The molecule has 1 aromatic heterocycles. The molecular weight excluding hydrogens is 414 g/mol. The van der Waals surface area contributed by atoms with Crippen LogP contribution in [0, 0.1) is 0 Å². The Kier molecular flexibility index (Phi) is 4.84. The fourth-order valence-corrected chi connectivity index (χ4v) is 5.48. The second-order valence-corrected chi connectivity index (χ2v) is 9.55. The molecule has 1 amide bonds. The lowest BCUT2D eigenvalue weighted by Crippen LogP contribution is -2.58. The summed E-state index contributed by atoms with van der Waals surface area (Å²) in [6, 6.07) is 10.1. The first-order valence-electron chi connectivity index (χ1n) is 11.3. The van der Waals surface area contributed by atoms with Gasteiger partial charge in [-0.2, -0.15) is 10.2 Å². The Bertz CT molecular complexity index is 1210. The predicted molar refractivity (Wildman–Crippen MR) is 127 cm³/mol. The molecule has 0 spiro atoms. The molecule has 4 heterocycles. The minimum atomic E-state index is -0.631. The summed E-state index contributed by atoms with van der Waals surface area (Å²) in [4.78, 5) is 24.3. The average Bonchev–Trinajstić information content (AvgIpc) is 3.17. The van der Waals surface area contributed by atoms with Crippen LogP contribution in [0.5, 0.6) is 0 Å². The van der Waals surface area contributed by atoms with Crippen molar-refractivity contribution >= 4 is 17.5 Å². The molecule has 2 N–H and O–H groups in total. The quantitative estimate of drug-likeness (QED) is 0.741.